The van der Waals surface area contributed by atoms with E-state index in [4.69, 9.17) is 5.11 Å². The summed E-state index contributed by atoms with van der Waals surface area (Å²) in [7, 11) is 0. The van der Waals surface area contributed by atoms with Crippen molar-refractivity contribution >= 4 is 11.6 Å². The number of hydrogen-bond donors (Lipinski definition) is 3. The number of amides is 1. The molecule has 118 valence electrons. The first-order chi connectivity index (χ1) is 9.75. The zero-order chi connectivity index (χ0) is 16.0. The van der Waals surface area contributed by atoms with Crippen LogP contribution in [0.4, 0.5) is 14.5 Å². The molecule has 0 fully saturated rings. The number of anilines is 1. The van der Waals surface area contributed by atoms with Crippen LogP contribution in [0.2, 0.25) is 0 Å². The molecule has 0 saturated carbocycles. The summed E-state index contributed by atoms with van der Waals surface area (Å²) in [5.74, 6) is -2.16. The molecule has 1 rings (SSSR count). The molecule has 3 N–H and O–H groups in total. The standard InChI is InChI=1S/C15H22F2N2O2/c1-15(2,3)12(7-8-20)18-9-13(21)19-14-10(16)5-4-6-11(14)17/h4-6,12,18,20H,7-9H2,1-3H3,(H,19,21). The van der Waals surface area contributed by atoms with E-state index in [1.54, 1.807) is 0 Å². The summed E-state index contributed by atoms with van der Waals surface area (Å²) in [6, 6.07) is 3.31. The maximum atomic E-state index is 13.4. The van der Waals surface area contributed by atoms with Crippen LogP contribution in [0.3, 0.4) is 0 Å². The smallest absolute Gasteiger partial charge is 0.238 e. The molecular weight excluding hydrogens is 278 g/mol. The lowest BCUT2D eigenvalue weighted by Crippen LogP contribution is -2.44. The Bertz CT molecular complexity index is 467. The molecule has 0 aromatic heterocycles. The van der Waals surface area contributed by atoms with Crippen molar-refractivity contribution in [2.75, 3.05) is 18.5 Å². The molecular formula is C15H22F2N2O2. The van der Waals surface area contributed by atoms with E-state index in [1.165, 1.54) is 6.07 Å². The van der Waals surface area contributed by atoms with Crippen LogP contribution in [-0.4, -0.2) is 30.2 Å². The predicted octanol–water partition coefficient (Wildman–Crippen LogP) is 2.29. The Morgan fingerprint density at radius 3 is 2.33 bits per heavy atom. The van der Waals surface area contributed by atoms with Crippen LogP contribution < -0.4 is 10.6 Å². The summed E-state index contributed by atoms with van der Waals surface area (Å²) in [4.78, 5) is 11.8. The van der Waals surface area contributed by atoms with E-state index in [9.17, 15) is 13.6 Å². The van der Waals surface area contributed by atoms with Gasteiger partial charge in [0.2, 0.25) is 5.91 Å². The van der Waals surface area contributed by atoms with E-state index in [2.05, 4.69) is 10.6 Å². The largest absolute Gasteiger partial charge is 0.396 e. The van der Waals surface area contributed by atoms with Gasteiger partial charge in [0.05, 0.1) is 6.54 Å². The number of halogens is 2. The van der Waals surface area contributed by atoms with Gasteiger partial charge in [0.15, 0.2) is 0 Å². The van der Waals surface area contributed by atoms with Crippen molar-refractivity contribution in [1.29, 1.82) is 0 Å². The molecule has 0 aliphatic heterocycles. The molecule has 0 aliphatic rings. The first-order valence-electron chi connectivity index (χ1n) is 6.84. The minimum atomic E-state index is -0.814. The Morgan fingerprint density at radius 2 is 1.86 bits per heavy atom. The maximum absolute atomic E-state index is 13.4. The number of rotatable bonds is 6. The molecule has 1 aromatic carbocycles. The predicted molar refractivity (Wildman–Crippen MR) is 77.9 cm³/mol. The molecule has 0 aliphatic carbocycles. The van der Waals surface area contributed by atoms with E-state index in [-0.39, 0.29) is 24.6 Å². The number of carbonyl (C=O) groups is 1. The van der Waals surface area contributed by atoms with Crippen molar-refractivity contribution in [1.82, 2.24) is 5.32 Å². The Morgan fingerprint density at radius 1 is 1.29 bits per heavy atom. The van der Waals surface area contributed by atoms with Crippen LogP contribution in [-0.2, 0) is 4.79 Å². The SMILES string of the molecule is CC(C)(C)C(CCO)NCC(=O)Nc1c(F)cccc1F. The van der Waals surface area contributed by atoms with Crippen LogP contribution in [0.5, 0.6) is 0 Å². The van der Waals surface area contributed by atoms with Gasteiger partial charge in [0, 0.05) is 12.6 Å². The fourth-order valence-electron chi connectivity index (χ4n) is 1.99. The third-order valence-corrected chi connectivity index (χ3v) is 3.20. The van der Waals surface area contributed by atoms with Gasteiger partial charge < -0.3 is 15.7 Å². The Labute approximate surface area is 123 Å². The summed E-state index contributed by atoms with van der Waals surface area (Å²) in [5.41, 5.74) is -0.592. The summed E-state index contributed by atoms with van der Waals surface area (Å²) < 4.78 is 26.8. The molecule has 1 aromatic rings. The van der Waals surface area contributed by atoms with Gasteiger partial charge in [0.25, 0.3) is 0 Å². The van der Waals surface area contributed by atoms with Crippen molar-refractivity contribution in [2.45, 2.75) is 33.2 Å². The lowest BCUT2D eigenvalue weighted by Gasteiger charge is -2.31. The van der Waals surface area contributed by atoms with Gasteiger partial charge in [-0.25, -0.2) is 8.78 Å². The monoisotopic (exact) mass is 300 g/mol. The third kappa shape index (κ3) is 5.40. The molecule has 0 heterocycles. The van der Waals surface area contributed by atoms with E-state index in [0.717, 1.165) is 12.1 Å². The summed E-state index contributed by atoms with van der Waals surface area (Å²) in [5, 5.41) is 14.2. The van der Waals surface area contributed by atoms with Gasteiger partial charge in [-0.1, -0.05) is 26.8 Å². The number of nitrogens with one attached hydrogen (secondary N) is 2. The van der Waals surface area contributed by atoms with Crippen LogP contribution in [0.25, 0.3) is 0 Å². The number of carbonyl (C=O) groups excluding carboxylic acids is 1. The number of aliphatic hydroxyl groups excluding tert-OH is 1. The third-order valence-electron chi connectivity index (χ3n) is 3.20. The van der Waals surface area contributed by atoms with Crippen LogP contribution in [0.15, 0.2) is 18.2 Å². The Hall–Kier alpha value is -1.53. The fraction of sp³-hybridized carbons (Fsp3) is 0.533. The van der Waals surface area contributed by atoms with Crippen molar-refractivity contribution in [3.05, 3.63) is 29.8 Å². The highest BCUT2D eigenvalue weighted by Crippen LogP contribution is 2.21. The summed E-state index contributed by atoms with van der Waals surface area (Å²) >= 11 is 0. The molecule has 1 atom stereocenters. The highest BCUT2D eigenvalue weighted by Gasteiger charge is 2.24. The molecule has 4 nitrogen and oxygen atoms in total. The van der Waals surface area contributed by atoms with Crippen molar-refractivity contribution in [3.8, 4) is 0 Å². The summed E-state index contributed by atoms with van der Waals surface area (Å²) in [6.45, 7) is 5.85. The van der Waals surface area contributed by atoms with Crippen molar-refractivity contribution in [2.24, 2.45) is 5.41 Å². The normalized spacial score (nSPS) is 13.0. The van der Waals surface area contributed by atoms with Crippen molar-refractivity contribution < 1.29 is 18.7 Å². The lowest BCUT2D eigenvalue weighted by molar-refractivity contribution is -0.115. The molecule has 0 bridgehead atoms. The Balaban J connectivity index is 2.61. The quantitative estimate of drug-likeness (QED) is 0.755. The molecule has 1 unspecified atom stereocenters. The molecule has 0 spiro atoms. The van der Waals surface area contributed by atoms with E-state index < -0.39 is 23.2 Å². The fourth-order valence-corrected chi connectivity index (χ4v) is 1.99. The van der Waals surface area contributed by atoms with Crippen molar-refractivity contribution in [3.63, 3.8) is 0 Å². The second-order valence-electron chi connectivity index (χ2n) is 5.96. The zero-order valence-corrected chi connectivity index (χ0v) is 12.5. The van der Waals surface area contributed by atoms with E-state index >= 15 is 0 Å². The minimum absolute atomic E-state index is 0.00149. The van der Waals surface area contributed by atoms with Gasteiger partial charge in [-0.05, 0) is 24.0 Å². The van der Waals surface area contributed by atoms with Gasteiger partial charge >= 0.3 is 0 Å². The average molecular weight is 300 g/mol. The average Bonchev–Trinajstić information content (AvgIpc) is 2.37. The highest BCUT2D eigenvalue weighted by molar-refractivity contribution is 5.92. The molecule has 0 radical (unpaired) electrons. The topological polar surface area (TPSA) is 61.4 Å². The zero-order valence-electron chi connectivity index (χ0n) is 12.5. The Kier molecular flexibility index (Phi) is 6.23. The van der Waals surface area contributed by atoms with Gasteiger partial charge in [-0.2, -0.15) is 0 Å². The number of para-hydroxylation sites is 1. The second-order valence-corrected chi connectivity index (χ2v) is 5.96. The summed E-state index contributed by atoms with van der Waals surface area (Å²) in [6.07, 6.45) is 0.491. The van der Waals surface area contributed by atoms with Crippen LogP contribution in [0, 0.1) is 17.0 Å². The number of aliphatic hydroxyl groups is 1. The molecule has 0 saturated heterocycles. The first kappa shape index (κ1) is 17.5. The first-order valence-corrected chi connectivity index (χ1v) is 6.84. The number of benzene rings is 1. The highest BCUT2D eigenvalue weighted by atomic mass is 19.1. The molecule has 21 heavy (non-hydrogen) atoms. The second kappa shape index (κ2) is 7.47. The number of hydrogen-bond acceptors (Lipinski definition) is 3. The lowest BCUT2D eigenvalue weighted by atomic mass is 9.85. The molecule has 6 heteroatoms. The van der Waals surface area contributed by atoms with Crippen LogP contribution >= 0.6 is 0 Å². The maximum Gasteiger partial charge on any atom is 0.238 e. The van der Waals surface area contributed by atoms with E-state index in [1.807, 2.05) is 20.8 Å². The van der Waals surface area contributed by atoms with Gasteiger partial charge in [-0.3, -0.25) is 4.79 Å². The van der Waals surface area contributed by atoms with Gasteiger partial charge in [-0.15, -0.1) is 0 Å². The van der Waals surface area contributed by atoms with Gasteiger partial charge in [0.1, 0.15) is 17.3 Å². The van der Waals surface area contributed by atoms with Crippen LogP contribution in [0.1, 0.15) is 27.2 Å². The molecule has 1 amide bonds. The van der Waals surface area contributed by atoms with E-state index in [0.29, 0.717) is 6.42 Å². The minimum Gasteiger partial charge on any atom is -0.396 e.